The summed E-state index contributed by atoms with van der Waals surface area (Å²) in [6, 6.07) is 30.7. The molecule has 1 aliphatic heterocycles. The van der Waals surface area contributed by atoms with Gasteiger partial charge in [-0.25, -0.2) is 0 Å². The van der Waals surface area contributed by atoms with E-state index in [2.05, 4.69) is 35.6 Å². The Morgan fingerprint density at radius 1 is 0.842 bits per heavy atom. The number of piperidine rings is 1. The van der Waals surface area contributed by atoms with Gasteiger partial charge in [0.05, 0.1) is 11.1 Å². The van der Waals surface area contributed by atoms with Crippen LogP contribution in [0, 0.1) is 0 Å². The molecule has 0 aliphatic carbocycles. The van der Waals surface area contributed by atoms with Crippen molar-refractivity contribution in [2.45, 2.75) is 32.0 Å². The Morgan fingerprint density at radius 2 is 1.58 bits per heavy atom. The van der Waals surface area contributed by atoms with E-state index in [-0.39, 0.29) is 0 Å². The third-order valence-electron chi connectivity index (χ3n) is 7.17. The van der Waals surface area contributed by atoms with Crippen molar-refractivity contribution in [1.82, 2.24) is 20.1 Å². The van der Waals surface area contributed by atoms with Crippen molar-refractivity contribution >= 4 is 10.9 Å². The fourth-order valence-corrected chi connectivity index (χ4v) is 5.26. The normalized spacial score (nSPS) is 15.4. The molecule has 192 valence electrons. The number of benzene rings is 3. The maximum atomic E-state index is 6.32. The third kappa shape index (κ3) is 5.13. The minimum absolute atomic E-state index is 0.409. The number of rotatable bonds is 8. The summed E-state index contributed by atoms with van der Waals surface area (Å²) in [4.78, 5) is 4.80. The Labute approximate surface area is 223 Å². The summed E-state index contributed by atoms with van der Waals surface area (Å²) in [5.41, 5.74) is 6.42. The highest BCUT2D eigenvalue weighted by Gasteiger charge is 2.23. The minimum Gasteiger partial charge on any atom is -0.473 e. The predicted octanol–water partition coefficient (Wildman–Crippen LogP) is 6.26. The summed E-state index contributed by atoms with van der Waals surface area (Å²) in [6.07, 6.45) is 2.38. The van der Waals surface area contributed by atoms with E-state index in [1.165, 1.54) is 23.9 Å². The van der Waals surface area contributed by atoms with Gasteiger partial charge in [0, 0.05) is 25.0 Å². The van der Waals surface area contributed by atoms with E-state index < -0.39 is 0 Å². The molecule has 0 spiro atoms. The smallest absolute Gasteiger partial charge is 0.226 e. The zero-order chi connectivity index (χ0) is 25.7. The highest BCUT2D eigenvalue weighted by Crippen LogP contribution is 2.38. The van der Waals surface area contributed by atoms with Crippen LogP contribution >= 0.6 is 0 Å². The van der Waals surface area contributed by atoms with E-state index in [4.69, 9.17) is 19.6 Å². The largest absolute Gasteiger partial charge is 0.473 e. The van der Waals surface area contributed by atoms with Gasteiger partial charge in [0.2, 0.25) is 11.8 Å². The lowest BCUT2D eigenvalue weighted by molar-refractivity contribution is 0.268. The van der Waals surface area contributed by atoms with Gasteiger partial charge in [0.1, 0.15) is 18.9 Å². The molecule has 1 saturated heterocycles. The second kappa shape index (κ2) is 11.1. The van der Waals surface area contributed by atoms with Crippen LogP contribution in [0.2, 0.25) is 0 Å². The molecule has 0 saturated carbocycles. The van der Waals surface area contributed by atoms with Crippen LogP contribution in [0.15, 0.2) is 91.0 Å². The van der Waals surface area contributed by atoms with E-state index in [9.17, 15) is 0 Å². The number of hydrogen-bond acceptors (Lipinski definition) is 5. The second-order valence-electron chi connectivity index (χ2n) is 9.81. The Hall–Kier alpha value is -4.16. The lowest BCUT2D eigenvalue weighted by atomic mass is 9.90. The summed E-state index contributed by atoms with van der Waals surface area (Å²) in [6.45, 7) is 2.94. The molecule has 0 bridgehead atoms. The molecule has 0 amide bonds. The average Bonchev–Trinajstić information content (AvgIpc) is 3.33. The van der Waals surface area contributed by atoms with Gasteiger partial charge in [-0.05, 0) is 48.1 Å². The van der Waals surface area contributed by atoms with E-state index >= 15 is 0 Å². The first-order valence-corrected chi connectivity index (χ1v) is 13.3. The van der Waals surface area contributed by atoms with Crippen LogP contribution in [-0.4, -0.2) is 27.9 Å². The van der Waals surface area contributed by atoms with Crippen molar-refractivity contribution in [3.05, 3.63) is 108 Å². The highest BCUT2D eigenvalue weighted by molar-refractivity contribution is 5.96. The van der Waals surface area contributed by atoms with Crippen LogP contribution in [0.25, 0.3) is 22.2 Å². The topological polar surface area (TPSA) is 61.2 Å². The Kier molecular flexibility index (Phi) is 7.05. The Balaban J connectivity index is 1.37. The molecule has 6 nitrogen and oxygen atoms in total. The van der Waals surface area contributed by atoms with Gasteiger partial charge >= 0.3 is 0 Å². The van der Waals surface area contributed by atoms with Crippen LogP contribution in [-0.2, 0) is 20.3 Å². The Morgan fingerprint density at radius 3 is 2.29 bits per heavy atom. The SMILES string of the molecule is Cn1nc(-c2ccc(OCc3ccccc3)nc2OCc2ccccc2)c2cccc([C@@H]3CCCNC3)c21. The second-order valence-corrected chi connectivity index (χ2v) is 9.81. The molecular formula is C32H32N4O2. The summed E-state index contributed by atoms with van der Waals surface area (Å²) in [7, 11) is 2.03. The van der Waals surface area contributed by atoms with Crippen molar-refractivity contribution in [3.63, 3.8) is 0 Å². The summed E-state index contributed by atoms with van der Waals surface area (Å²) in [5.74, 6) is 1.52. The standard InChI is InChI=1S/C32H32N4O2/c1-36-31-26(25-14-9-19-33-20-25)15-8-16-27(31)30(35-36)28-17-18-29(37-21-23-10-4-2-5-11-23)34-32(28)38-22-24-12-6-3-7-13-24/h2-8,10-13,15-18,25,33H,9,14,19-22H2,1H3/t25-/m1/s1. The molecule has 0 radical (unpaired) electrons. The van der Waals surface area contributed by atoms with Crippen molar-refractivity contribution in [2.24, 2.45) is 7.05 Å². The van der Waals surface area contributed by atoms with Crippen LogP contribution < -0.4 is 14.8 Å². The molecule has 2 aromatic heterocycles. The van der Waals surface area contributed by atoms with Gasteiger partial charge in [-0.2, -0.15) is 10.1 Å². The van der Waals surface area contributed by atoms with Crippen LogP contribution in [0.3, 0.4) is 0 Å². The van der Waals surface area contributed by atoms with Crippen molar-refractivity contribution < 1.29 is 9.47 Å². The summed E-state index contributed by atoms with van der Waals surface area (Å²) >= 11 is 0. The van der Waals surface area contributed by atoms with Crippen LogP contribution in [0.5, 0.6) is 11.8 Å². The first-order valence-electron chi connectivity index (χ1n) is 13.3. The quantitative estimate of drug-likeness (QED) is 0.270. The van der Waals surface area contributed by atoms with Gasteiger partial charge in [-0.15, -0.1) is 0 Å². The molecule has 1 N–H and O–H groups in total. The molecule has 5 aromatic rings. The maximum Gasteiger partial charge on any atom is 0.226 e. The summed E-state index contributed by atoms with van der Waals surface area (Å²) < 4.78 is 14.4. The number of para-hydroxylation sites is 1. The number of hydrogen-bond donors (Lipinski definition) is 1. The van der Waals surface area contributed by atoms with Crippen molar-refractivity contribution in [1.29, 1.82) is 0 Å². The number of pyridine rings is 1. The number of nitrogens with one attached hydrogen (secondary N) is 1. The van der Waals surface area contributed by atoms with Crippen molar-refractivity contribution in [2.75, 3.05) is 13.1 Å². The van der Waals surface area contributed by atoms with Crippen molar-refractivity contribution in [3.8, 4) is 23.0 Å². The van der Waals surface area contributed by atoms with Crippen LogP contribution in [0.1, 0.15) is 35.4 Å². The number of aromatic nitrogens is 3. The van der Waals surface area contributed by atoms with Gasteiger partial charge < -0.3 is 14.8 Å². The first-order chi connectivity index (χ1) is 18.8. The average molecular weight is 505 g/mol. The van der Waals surface area contributed by atoms with E-state index in [1.807, 2.05) is 72.4 Å². The number of ether oxygens (including phenoxy) is 2. The number of aryl methyl sites for hydroxylation is 1. The van der Waals surface area contributed by atoms with Gasteiger partial charge in [-0.3, -0.25) is 4.68 Å². The third-order valence-corrected chi connectivity index (χ3v) is 7.17. The van der Waals surface area contributed by atoms with E-state index in [0.29, 0.717) is 30.9 Å². The monoisotopic (exact) mass is 504 g/mol. The fourth-order valence-electron chi connectivity index (χ4n) is 5.26. The van der Waals surface area contributed by atoms with Gasteiger partial charge in [0.25, 0.3) is 0 Å². The lowest BCUT2D eigenvalue weighted by Gasteiger charge is -2.24. The molecular weight excluding hydrogens is 472 g/mol. The molecule has 1 atom stereocenters. The fraction of sp³-hybridized carbons (Fsp3) is 0.250. The molecule has 3 aromatic carbocycles. The first kappa shape index (κ1) is 24.2. The molecule has 1 aliphatic rings. The van der Waals surface area contributed by atoms with Crippen LogP contribution in [0.4, 0.5) is 0 Å². The van der Waals surface area contributed by atoms with Gasteiger partial charge in [0.15, 0.2) is 0 Å². The Bertz CT molecular complexity index is 1510. The lowest BCUT2D eigenvalue weighted by Crippen LogP contribution is -2.28. The predicted molar refractivity (Wildman–Crippen MR) is 150 cm³/mol. The minimum atomic E-state index is 0.409. The van der Waals surface area contributed by atoms with E-state index in [1.54, 1.807) is 0 Å². The molecule has 6 rings (SSSR count). The molecule has 3 heterocycles. The molecule has 0 unspecified atom stereocenters. The molecule has 6 heteroatoms. The number of nitrogens with zero attached hydrogens (tertiary/aromatic N) is 3. The van der Waals surface area contributed by atoms with E-state index in [0.717, 1.165) is 40.9 Å². The molecule has 1 fully saturated rings. The summed E-state index contributed by atoms with van der Waals surface area (Å²) in [5, 5.41) is 9.65. The maximum absolute atomic E-state index is 6.32. The highest BCUT2D eigenvalue weighted by atomic mass is 16.5. The number of fused-ring (bicyclic) bond motifs is 1. The zero-order valence-corrected chi connectivity index (χ0v) is 21.6. The molecule has 38 heavy (non-hydrogen) atoms. The van der Waals surface area contributed by atoms with Gasteiger partial charge in [-0.1, -0.05) is 78.9 Å². The zero-order valence-electron chi connectivity index (χ0n) is 21.6.